The first-order chi connectivity index (χ1) is 9.59. The molecule has 0 aliphatic rings. The minimum atomic E-state index is -3.55. The summed E-state index contributed by atoms with van der Waals surface area (Å²) in [6, 6.07) is 13.6. The van der Waals surface area contributed by atoms with E-state index in [4.69, 9.17) is 0 Å². The van der Waals surface area contributed by atoms with Crippen LogP contribution in [-0.2, 0) is 9.84 Å². The van der Waals surface area contributed by atoms with Crippen LogP contribution in [0.5, 0.6) is 0 Å². The summed E-state index contributed by atoms with van der Waals surface area (Å²) < 4.78 is 25.3. The van der Waals surface area contributed by atoms with Crippen LogP contribution in [0.25, 0.3) is 11.0 Å². The van der Waals surface area contributed by atoms with Crippen molar-refractivity contribution < 1.29 is 8.42 Å². The number of sulfone groups is 1. The zero-order valence-electron chi connectivity index (χ0n) is 10.8. The van der Waals surface area contributed by atoms with Gasteiger partial charge in [0.15, 0.2) is 5.65 Å². The van der Waals surface area contributed by atoms with Crippen LogP contribution in [0.1, 0.15) is 5.69 Å². The number of aromatic nitrogens is 2. The van der Waals surface area contributed by atoms with Crippen molar-refractivity contribution in [3.8, 4) is 0 Å². The van der Waals surface area contributed by atoms with Crippen LogP contribution in [0.4, 0.5) is 0 Å². The Kier molecular flexibility index (Phi) is 2.99. The van der Waals surface area contributed by atoms with E-state index in [1.807, 2.05) is 0 Å². The quantitative estimate of drug-likeness (QED) is 0.726. The molecule has 0 N–H and O–H groups in total. The number of rotatable bonds is 2. The number of fused-ring (bicyclic) bond motifs is 1. The number of benzene rings is 1. The molecule has 1 aromatic carbocycles. The van der Waals surface area contributed by atoms with Crippen molar-refractivity contribution in [3.63, 3.8) is 0 Å². The summed E-state index contributed by atoms with van der Waals surface area (Å²) >= 11 is 0. The first-order valence-electron chi connectivity index (χ1n) is 6.11. The van der Waals surface area contributed by atoms with Gasteiger partial charge in [0.2, 0.25) is 9.84 Å². The van der Waals surface area contributed by atoms with Crippen LogP contribution in [0.2, 0.25) is 0 Å². The van der Waals surface area contributed by atoms with Crippen molar-refractivity contribution >= 4 is 20.9 Å². The molecule has 0 aliphatic heterocycles. The second-order valence-electron chi connectivity index (χ2n) is 4.44. The van der Waals surface area contributed by atoms with Gasteiger partial charge in [-0.15, -0.1) is 0 Å². The van der Waals surface area contributed by atoms with Gasteiger partial charge in [0.1, 0.15) is 0 Å². The molecule has 0 atom stereocenters. The summed E-state index contributed by atoms with van der Waals surface area (Å²) in [6.07, 6.45) is 1.64. The highest BCUT2D eigenvalue weighted by molar-refractivity contribution is 7.91. The molecule has 0 saturated carbocycles. The summed E-state index contributed by atoms with van der Waals surface area (Å²) in [5, 5.41) is 0.715. The van der Waals surface area contributed by atoms with Crippen molar-refractivity contribution in [3.05, 3.63) is 60.4 Å². The van der Waals surface area contributed by atoms with Crippen molar-refractivity contribution in [2.45, 2.75) is 16.7 Å². The van der Waals surface area contributed by atoms with Gasteiger partial charge in [0.05, 0.1) is 15.5 Å². The molecule has 0 spiro atoms. The Balaban J connectivity index is 2.27. The molecule has 4 nitrogen and oxygen atoms in total. The first-order valence-corrected chi connectivity index (χ1v) is 7.60. The van der Waals surface area contributed by atoms with E-state index in [-0.39, 0.29) is 9.79 Å². The van der Waals surface area contributed by atoms with Gasteiger partial charge in [0, 0.05) is 11.6 Å². The highest BCUT2D eigenvalue weighted by Gasteiger charge is 2.21. The molecule has 20 heavy (non-hydrogen) atoms. The molecule has 5 heteroatoms. The van der Waals surface area contributed by atoms with Gasteiger partial charge in [-0.2, -0.15) is 0 Å². The minimum Gasteiger partial charge on any atom is -0.237 e. The molecular formula is C15H12N2O2S. The number of hydrogen-bond acceptors (Lipinski definition) is 4. The van der Waals surface area contributed by atoms with E-state index >= 15 is 0 Å². The van der Waals surface area contributed by atoms with E-state index in [1.165, 1.54) is 0 Å². The molecule has 0 radical (unpaired) electrons. The largest absolute Gasteiger partial charge is 0.237 e. The molecule has 0 aliphatic carbocycles. The molecular weight excluding hydrogens is 272 g/mol. The van der Waals surface area contributed by atoms with Crippen LogP contribution in [0.3, 0.4) is 0 Å². The Morgan fingerprint density at radius 1 is 1.00 bits per heavy atom. The van der Waals surface area contributed by atoms with Crippen LogP contribution in [-0.4, -0.2) is 18.4 Å². The summed E-state index contributed by atoms with van der Waals surface area (Å²) in [6.45, 7) is 1.68. The third-order valence-electron chi connectivity index (χ3n) is 3.08. The van der Waals surface area contributed by atoms with E-state index in [0.29, 0.717) is 16.7 Å². The second-order valence-corrected chi connectivity index (χ2v) is 6.36. The Morgan fingerprint density at radius 3 is 2.50 bits per heavy atom. The average Bonchev–Trinajstić information content (AvgIpc) is 2.47. The van der Waals surface area contributed by atoms with Gasteiger partial charge in [-0.3, -0.25) is 0 Å². The fourth-order valence-electron chi connectivity index (χ4n) is 2.07. The molecule has 100 valence electrons. The SMILES string of the molecule is Cc1nc2ncccc2cc1S(=O)(=O)c1ccccc1. The predicted molar refractivity (Wildman–Crippen MR) is 76.2 cm³/mol. The smallest absolute Gasteiger partial charge is 0.208 e. The molecule has 0 saturated heterocycles. The summed E-state index contributed by atoms with van der Waals surface area (Å²) in [4.78, 5) is 8.91. The molecule has 2 heterocycles. The van der Waals surface area contributed by atoms with E-state index in [1.54, 1.807) is 61.7 Å². The van der Waals surface area contributed by atoms with Gasteiger partial charge < -0.3 is 0 Å². The summed E-state index contributed by atoms with van der Waals surface area (Å²) in [5.74, 6) is 0. The Labute approximate surface area is 117 Å². The van der Waals surface area contributed by atoms with Crippen molar-refractivity contribution in [2.75, 3.05) is 0 Å². The highest BCUT2D eigenvalue weighted by Crippen LogP contribution is 2.25. The maximum atomic E-state index is 12.6. The lowest BCUT2D eigenvalue weighted by molar-refractivity contribution is 0.595. The van der Waals surface area contributed by atoms with Gasteiger partial charge in [-0.05, 0) is 37.3 Å². The zero-order valence-corrected chi connectivity index (χ0v) is 11.6. The monoisotopic (exact) mass is 284 g/mol. The third-order valence-corrected chi connectivity index (χ3v) is 4.96. The fourth-order valence-corrected chi connectivity index (χ4v) is 3.56. The highest BCUT2D eigenvalue weighted by atomic mass is 32.2. The van der Waals surface area contributed by atoms with Crippen molar-refractivity contribution in [1.82, 2.24) is 9.97 Å². The number of pyridine rings is 2. The molecule has 2 aromatic heterocycles. The normalized spacial score (nSPS) is 11.7. The molecule has 3 rings (SSSR count). The lowest BCUT2D eigenvalue weighted by Gasteiger charge is -2.08. The standard InChI is InChI=1S/C15H12N2O2S/c1-11-14(10-12-6-5-9-16-15(12)17-11)20(18,19)13-7-3-2-4-8-13/h2-10H,1H3. The van der Waals surface area contributed by atoms with E-state index in [9.17, 15) is 8.42 Å². The molecule has 0 fully saturated rings. The fraction of sp³-hybridized carbons (Fsp3) is 0.0667. The van der Waals surface area contributed by atoms with Crippen molar-refractivity contribution in [1.29, 1.82) is 0 Å². The Morgan fingerprint density at radius 2 is 1.75 bits per heavy atom. The van der Waals surface area contributed by atoms with E-state index in [2.05, 4.69) is 9.97 Å². The molecule has 3 aromatic rings. The van der Waals surface area contributed by atoms with Crippen LogP contribution in [0, 0.1) is 6.92 Å². The van der Waals surface area contributed by atoms with E-state index < -0.39 is 9.84 Å². The predicted octanol–water partition coefficient (Wildman–Crippen LogP) is 2.77. The Hall–Kier alpha value is -2.27. The number of hydrogen-bond donors (Lipinski definition) is 0. The van der Waals surface area contributed by atoms with Crippen LogP contribution < -0.4 is 0 Å². The van der Waals surface area contributed by atoms with Crippen LogP contribution >= 0.6 is 0 Å². The minimum absolute atomic E-state index is 0.226. The van der Waals surface area contributed by atoms with Crippen molar-refractivity contribution in [2.24, 2.45) is 0 Å². The maximum absolute atomic E-state index is 12.6. The molecule has 0 amide bonds. The molecule has 0 bridgehead atoms. The number of nitrogens with zero attached hydrogens (tertiary/aromatic N) is 2. The van der Waals surface area contributed by atoms with Gasteiger partial charge >= 0.3 is 0 Å². The number of aryl methyl sites for hydroxylation is 1. The third kappa shape index (κ3) is 2.06. The average molecular weight is 284 g/mol. The van der Waals surface area contributed by atoms with Gasteiger partial charge in [-0.25, -0.2) is 18.4 Å². The van der Waals surface area contributed by atoms with Crippen LogP contribution in [0.15, 0.2) is 64.5 Å². The van der Waals surface area contributed by atoms with Gasteiger partial charge in [0.25, 0.3) is 0 Å². The maximum Gasteiger partial charge on any atom is 0.208 e. The zero-order chi connectivity index (χ0) is 14.2. The lowest BCUT2D eigenvalue weighted by atomic mass is 10.2. The Bertz CT molecular complexity index is 875. The van der Waals surface area contributed by atoms with E-state index in [0.717, 1.165) is 0 Å². The van der Waals surface area contributed by atoms with Gasteiger partial charge in [-0.1, -0.05) is 18.2 Å². The first kappa shape index (κ1) is 12.7. The topological polar surface area (TPSA) is 59.9 Å². The summed E-state index contributed by atoms with van der Waals surface area (Å²) in [7, 11) is -3.55. The second kappa shape index (κ2) is 4.68. The summed E-state index contributed by atoms with van der Waals surface area (Å²) in [5.41, 5.74) is 1.01. The lowest BCUT2D eigenvalue weighted by Crippen LogP contribution is -2.05. The molecule has 0 unspecified atom stereocenters.